The second kappa shape index (κ2) is 9.98. The number of nitrogens with zero attached hydrogens (tertiary/aromatic N) is 5. The summed E-state index contributed by atoms with van der Waals surface area (Å²) in [5.41, 5.74) is 7.75. The summed E-state index contributed by atoms with van der Waals surface area (Å²) in [6, 6.07) is -0.962. The van der Waals surface area contributed by atoms with Crippen molar-refractivity contribution in [3.63, 3.8) is 0 Å². The van der Waals surface area contributed by atoms with Crippen LogP contribution >= 0.6 is 69.4 Å². The Labute approximate surface area is 229 Å². The van der Waals surface area contributed by atoms with Crippen LogP contribution in [0.4, 0.5) is 5.13 Å². The normalized spacial score (nSPS) is 24.7. The molecule has 4 N–H and O–H groups in total. The fourth-order valence-electron chi connectivity index (χ4n) is 3.40. The highest BCUT2D eigenvalue weighted by Gasteiger charge is 2.56. The van der Waals surface area contributed by atoms with Gasteiger partial charge in [-0.15, -0.1) is 33.3 Å². The molecule has 1 saturated carbocycles. The summed E-state index contributed by atoms with van der Waals surface area (Å²) < 4.78 is -0.385. The lowest BCUT2D eigenvalue weighted by molar-refractivity contribution is -0.150. The van der Waals surface area contributed by atoms with E-state index in [-0.39, 0.29) is 22.2 Å². The summed E-state index contributed by atoms with van der Waals surface area (Å²) in [6.07, 6.45) is -0.249. The highest BCUT2D eigenvalue weighted by Crippen LogP contribution is 2.49. The van der Waals surface area contributed by atoms with Crippen molar-refractivity contribution in [3.05, 3.63) is 27.9 Å². The van der Waals surface area contributed by atoms with E-state index in [1.54, 1.807) is 5.51 Å². The number of alkyl halides is 2. The number of rotatable bonds is 9. The number of aromatic nitrogens is 3. The molecule has 12 nitrogen and oxygen atoms in total. The van der Waals surface area contributed by atoms with Gasteiger partial charge in [0.25, 0.3) is 11.8 Å². The van der Waals surface area contributed by atoms with Gasteiger partial charge in [0, 0.05) is 23.3 Å². The topological polar surface area (TPSA) is 173 Å². The summed E-state index contributed by atoms with van der Waals surface area (Å²) in [5.74, 6) is -1.77. The Morgan fingerprint density at radius 3 is 2.81 bits per heavy atom. The van der Waals surface area contributed by atoms with Crippen molar-refractivity contribution in [2.45, 2.75) is 32.6 Å². The van der Waals surface area contributed by atoms with Crippen molar-refractivity contribution in [1.82, 2.24) is 25.4 Å². The number of anilines is 1. The number of aliphatic carboxylic acids is 1. The van der Waals surface area contributed by atoms with Crippen molar-refractivity contribution < 1.29 is 24.3 Å². The second-order valence-corrected chi connectivity index (χ2v) is 13.3. The van der Waals surface area contributed by atoms with Crippen LogP contribution in [0.3, 0.4) is 0 Å². The molecule has 190 valence electrons. The lowest BCUT2D eigenvalue weighted by Crippen LogP contribution is -2.71. The van der Waals surface area contributed by atoms with Crippen LogP contribution in [0.1, 0.15) is 12.1 Å². The molecule has 1 unspecified atom stereocenters. The number of nitrogens with one attached hydrogen (secondary N) is 1. The molecule has 2 aliphatic heterocycles. The van der Waals surface area contributed by atoms with Gasteiger partial charge >= 0.3 is 5.97 Å². The molecule has 2 fully saturated rings. The number of carboxylic acid groups (broad SMARTS) is 1. The first kappa shape index (κ1) is 25.5. The zero-order valence-corrected chi connectivity index (χ0v) is 22.6. The van der Waals surface area contributed by atoms with Crippen LogP contribution in [0.15, 0.2) is 31.7 Å². The average Bonchev–Trinajstić information content (AvgIpc) is 3.23. The molecule has 2 aromatic heterocycles. The van der Waals surface area contributed by atoms with Crippen molar-refractivity contribution in [1.29, 1.82) is 0 Å². The maximum absolute atomic E-state index is 13.1. The number of halogens is 2. The maximum atomic E-state index is 13.1. The van der Waals surface area contributed by atoms with Gasteiger partial charge in [0.05, 0.1) is 0 Å². The largest absolute Gasteiger partial charge is 0.477 e. The average molecular weight is 609 g/mol. The lowest BCUT2D eigenvalue weighted by Gasteiger charge is -2.49. The Bertz CT molecular complexity index is 1280. The number of hydrogen-bond donors (Lipinski definition) is 3. The number of β-lactam (4-membered cyclic amide) rings is 1. The van der Waals surface area contributed by atoms with E-state index in [0.717, 1.165) is 11.3 Å². The van der Waals surface area contributed by atoms with Gasteiger partial charge in [0.15, 0.2) is 25.6 Å². The van der Waals surface area contributed by atoms with E-state index in [1.807, 2.05) is 0 Å². The standard InChI is InChI=1S/C18H15Cl2N7O5S4/c19-18(20)1-8(18)32-26-9(7-4-34-16(21)23-7)12(28)24-10-13(29)27-11(15(30)31)6(2-33-14(10)27)3-35-17-25-22-5-36-17/h4-5,8,10,14H,1-3H2,(H2,21,23)(H,24,28)(H,30,31)/t8?,10-,14+/m1/s1. The summed E-state index contributed by atoms with van der Waals surface area (Å²) in [7, 11) is 0. The first-order chi connectivity index (χ1) is 17.2. The van der Waals surface area contributed by atoms with Crippen molar-refractivity contribution >= 4 is 98.0 Å². The van der Waals surface area contributed by atoms with Crippen LogP contribution in [-0.2, 0) is 19.2 Å². The molecule has 36 heavy (non-hydrogen) atoms. The number of nitrogens with two attached hydrogens (primary N) is 1. The van der Waals surface area contributed by atoms with Gasteiger partial charge in [-0.3, -0.25) is 14.5 Å². The first-order valence-electron chi connectivity index (χ1n) is 10.1. The third-order valence-corrected chi connectivity index (χ3v) is 10.0. The van der Waals surface area contributed by atoms with Crippen LogP contribution in [0, 0.1) is 0 Å². The fraction of sp³-hybridized carbons (Fsp3) is 0.389. The minimum atomic E-state index is -1.21. The molecule has 3 atom stereocenters. The van der Waals surface area contributed by atoms with Gasteiger partial charge in [-0.2, -0.15) is 0 Å². The Kier molecular flexibility index (Phi) is 7.08. The molecule has 0 aromatic carbocycles. The highest BCUT2D eigenvalue weighted by molar-refractivity contribution is 8.01. The Hall–Kier alpha value is -2.11. The van der Waals surface area contributed by atoms with Gasteiger partial charge < -0.3 is 21.0 Å². The quantitative estimate of drug-likeness (QED) is 0.125. The van der Waals surface area contributed by atoms with Gasteiger partial charge in [-0.05, 0) is 5.57 Å². The minimum Gasteiger partial charge on any atom is -0.477 e. The van der Waals surface area contributed by atoms with Crippen molar-refractivity contribution in [3.8, 4) is 0 Å². The summed E-state index contributed by atoms with van der Waals surface area (Å²) in [6.45, 7) is 0. The third-order valence-electron chi connectivity index (χ3n) is 5.27. The van der Waals surface area contributed by atoms with Crippen LogP contribution < -0.4 is 11.1 Å². The number of carbonyl (C=O) groups excluding carboxylic acids is 2. The number of thioether (sulfide) groups is 2. The van der Waals surface area contributed by atoms with E-state index >= 15 is 0 Å². The molecule has 2 amide bonds. The number of fused-ring (bicyclic) bond motifs is 1. The number of oxime groups is 1. The summed E-state index contributed by atoms with van der Waals surface area (Å²) in [5, 5.41) is 25.2. The van der Waals surface area contributed by atoms with Crippen LogP contribution in [0.5, 0.6) is 0 Å². The molecule has 3 aliphatic rings. The first-order valence-corrected chi connectivity index (χ1v) is 14.6. The second-order valence-electron chi connectivity index (χ2n) is 7.68. The van der Waals surface area contributed by atoms with E-state index < -0.39 is 39.6 Å². The Morgan fingerprint density at radius 2 is 2.19 bits per heavy atom. The molecule has 1 saturated heterocycles. The molecule has 1 aliphatic carbocycles. The smallest absolute Gasteiger partial charge is 0.352 e. The number of amides is 2. The molecule has 0 bridgehead atoms. The fourth-order valence-corrected chi connectivity index (χ4v) is 7.28. The molecule has 4 heterocycles. The number of carboxylic acids is 1. The molecular formula is C18H15Cl2N7O5S4. The lowest BCUT2D eigenvalue weighted by atomic mass is 10.0. The zero-order chi connectivity index (χ0) is 25.6. The maximum Gasteiger partial charge on any atom is 0.352 e. The predicted octanol–water partition coefficient (Wildman–Crippen LogP) is 1.77. The number of carbonyl (C=O) groups is 3. The molecule has 2 aromatic rings. The van der Waals surface area contributed by atoms with Crippen LogP contribution in [-0.4, -0.2) is 82.0 Å². The van der Waals surface area contributed by atoms with Crippen molar-refractivity contribution in [2.75, 3.05) is 17.2 Å². The predicted molar refractivity (Wildman–Crippen MR) is 137 cm³/mol. The summed E-state index contributed by atoms with van der Waals surface area (Å²) in [4.78, 5) is 48.7. The number of hydrogen-bond acceptors (Lipinski definition) is 13. The monoisotopic (exact) mass is 607 g/mol. The molecule has 0 radical (unpaired) electrons. The van der Waals surface area contributed by atoms with Gasteiger partial charge in [0.2, 0.25) is 0 Å². The number of nitrogen functional groups attached to an aromatic ring is 1. The SMILES string of the molecule is Nc1nc(C(=NOC2CC2(Cl)Cl)C(=O)N[C@@H]2C(=O)N3C(C(=O)O)=C(CSc4nncs4)CS[C@@H]23)cs1. The molecular weight excluding hydrogens is 593 g/mol. The Morgan fingerprint density at radius 1 is 1.42 bits per heavy atom. The van der Waals surface area contributed by atoms with E-state index in [9.17, 15) is 19.5 Å². The minimum absolute atomic E-state index is 0.0786. The van der Waals surface area contributed by atoms with Crippen LogP contribution in [0.2, 0.25) is 0 Å². The van der Waals surface area contributed by atoms with Crippen molar-refractivity contribution in [2.24, 2.45) is 5.16 Å². The van der Waals surface area contributed by atoms with E-state index in [0.29, 0.717) is 27.8 Å². The van der Waals surface area contributed by atoms with E-state index in [1.165, 1.54) is 45.1 Å². The molecule has 18 heteroatoms. The molecule has 5 rings (SSSR count). The van der Waals surface area contributed by atoms with Gasteiger partial charge in [-0.25, -0.2) is 9.78 Å². The molecule has 0 spiro atoms. The van der Waals surface area contributed by atoms with E-state index in [2.05, 4.69) is 25.7 Å². The Balaban J connectivity index is 1.31. The van der Waals surface area contributed by atoms with Gasteiger partial charge in [0.1, 0.15) is 28.3 Å². The van der Waals surface area contributed by atoms with Gasteiger partial charge in [-0.1, -0.05) is 51.5 Å². The van der Waals surface area contributed by atoms with E-state index in [4.69, 9.17) is 33.8 Å². The number of thiazole rings is 1. The summed E-state index contributed by atoms with van der Waals surface area (Å²) >= 11 is 17.1. The van der Waals surface area contributed by atoms with Crippen LogP contribution in [0.25, 0.3) is 0 Å². The zero-order valence-electron chi connectivity index (χ0n) is 17.8. The third kappa shape index (κ3) is 5.02. The highest BCUT2D eigenvalue weighted by atomic mass is 35.5.